The van der Waals surface area contributed by atoms with Crippen molar-refractivity contribution in [2.75, 3.05) is 6.61 Å². The second kappa shape index (κ2) is 9.20. The summed E-state index contributed by atoms with van der Waals surface area (Å²) in [5.41, 5.74) is 1.86. The number of fused-ring (bicyclic) bond motifs is 1. The van der Waals surface area contributed by atoms with Crippen LogP contribution in [-0.4, -0.2) is 29.7 Å². The number of carbonyl (C=O) groups is 2. The van der Waals surface area contributed by atoms with Crippen molar-refractivity contribution in [3.8, 4) is 5.75 Å². The predicted molar refractivity (Wildman–Crippen MR) is 115 cm³/mol. The zero-order valence-corrected chi connectivity index (χ0v) is 17.8. The molecule has 0 atom stereocenters. The van der Waals surface area contributed by atoms with E-state index in [2.05, 4.69) is 10.5 Å². The van der Waals surface area contributed by atoms with Gasteiger partial charge in [-0.15, -0.1) is 0 Å². The smallest absolute Gasteiger partial charge is 0.342 e. The summed E-state index contributed by atoms with van der Waals surface area (Å²) in [4.78, 5) is 25.0. The van der Waals surface area contributed by atoms with Gasteiger partial charge in [0, 0.05) is 6.04 Å². The minimum absolute atomic E-state index is 0.181. The lowest BCUT2D eigenvalue weighted by molar-refractivity contribution is -0.124. The number of rotatable bonds is 7. The average molecular weight is 422 g/mol. The highest BCUT2D eigenvalue weighted by atomic mass is 16.5. The summed E-state index contributed by atoms with van der Waals surface area (Å²) in [6.07, 6.45) is 4.19. The van der Waals surface area contributed by atoms with E-state index in [0.717, 1.165) is 47.7 Å². The summed E-state index contributed by atoms with van der Waals surface area (Å²) in [5, 5.41) is 8.68. The first-order valence-electron chi connectivity index (χ1n) is 10.5. The van der Waals surface area contributed by atoms with Crippen molar-refractivity contribution in [3.05, 3.63) is 59.0 Å². The molecule has 1 saturated carbocycles. The Kier molecular flexibility index (Phi) is 6.21. The molecule has 3 aromatic rings. The van der Waals surface area contributed by atoms with E-state index in [9.17, 15) is 9.59 Å². The van der Waals surface area contributed by atoms with Crippen molar-refractivity contribution in [3.63, 3.8) is 0 Å². The van der Waals surface area contributed by atoms with E-state index in [1.165, 1.54) is 0 Å². The maximum atomic E-state index is 12.8. The molecule has 1 heterocycles. The highest BCUT2D eigenvalue weighted by molar-refractivity contribution is 5.99. The standard InChI is InChI=1S/C24H26N2O5/c1-15-21(16(2)31-26-15)13-29-22-12-18-8-4-3-7-17(18)11-20(22)24(28)30-14-23(27)25-19-9-5-6-10-19/h3-4,7-8,11-12,19H,5-6,9-10,13-14H2,1-2H3,(H,25,27). The van der Waals surface area contributed by atoms with Crippen LogP contribution in [0.25, 0.3) is 10.8 Å². The fraction of sp³-hybridized carbons (Fsp3) is 0.375. The van der Waals surface area contributed by atoms with Crippen LogP contribution in [0.1, 0.15) is 53.1 Å². The van der Waals surface area contributed by atoms with Crippen LogP contribution in [0.2, 0.25) is 0 Å². The third-order valence-corrected chi connectivity index (χ3v) is 5.68. The van der Waals surface area contributed by atoms with E-state index in [1.807, 2.05) is 44.2 Å². The maximum absolute atomic E-state index is 12.8. The first-order valence-corrected chi connectivity index (χ1v) is 10.5. The third-order valence-electron chi connectivity index (χ3n) is 5.68. The van der Waals surface area contributed by atoms with Crippen molar-refractivity contribution in [1.29, 1.82) is 0 Å². The van der Waals surface area contributed by atoms with Crippen LogP contribution in [0.15, 0.2) is 40.9 Å². The molecule has 1 aliphatic rings. The van der Waals surface area contributed by atoms with Crippen LogP contribution in [0, 0.1) is 13.8 Å². The van der Waals surface area contributed by atoms with E-state index in [-0.39, 0.29) is 30.7 Å². The van der Waals surface area contributed by atoms with Crippen LogP contribution in [-0.2, 0) is 16.1 Å². The van der Waals surface area contributed by atoms with E-state index >= 15 is 0 Å². The molecule has 1 aromatic heterocycles. The van der Waals surface area contributed by atoms with Gasteiger partial charge in [-0.3, -0.25) is 4.79 Å². The Morgan fingerprint density at radius 2 is 1.84 bits per heavy atom. The molecule has 7 heteroatoms. The summed E-state index contributed by atoms with van der Waals surface area (Å²) in [6.45, 7) is 3.55. The quantitative estimate of drug-likeness (QED) is 0.573. The highest BCUT2D eigenvalue weighted by Gasteiger charge is 2.21. The van der Waals surface area contributed by atoms with Crippen molar-refractivity contribution >= 4 is 22.6 Å². The monoisotopic (exact) mass is 422 g/mol. The molecule has 0 bridgehead atoms. The van der Waals surface area contributed by atoms with Gasteiger partial charge in [-0.05, 0) is 49.6 Å². The summed E-state index contributed by atoms with van der Waals surface area (Å²) in [6, 6.07) is 11.4. The third kappa shape index (κ3) is 4.87. The fourth-order valence-corrected chi connectivity index (χ4v) is 3.90. The van der Waals surface area contributed by atoms with E-state index < -0.39 is 5.97 Å². The first-order chi connectivity index (χ1) is 15.0. The zero-order chi connectivity index (χ0) is 21.8. The van der Waals surface area contributed by atoms with Crippen molar-refractivity contribution in [1.82, 2.24) is 10.5 Å². The molecule has 4 rings (SSSR count). The summed E-state index contributed by atoms with van der Waals surface area (Å²) >= 11 is 0. The minimum atomic E-state index is -0.596. The van der Waals surface area contributed by atoms with Gasteiger partial charge in [0.15, 0.2) is 6.61 Å². The number of esters is 1. The van der Waals surface area contributed by atoms with Gasteiger partial charge in [-0.1, -0.05) is 42.3 Å². The molecule has 0 unspecified atom stereocenters. The van der Waals surface area contributed by atoms with E-state index in [0.29, 0.717) is 11.5 Å². The maximum Gasteiger partial charge on any atom is 0.342 e. The Hall–Kier alpha value is -3.35. The molecule has 162 valence electrons. The van der Waals surface area contributed by atoms with Gasteiger partial charge in [-0.2, -0.15) is 0 Å². The Bertz CT molecular complexity index is 1080. The number of nitrogens with one attached hydrogen (secondary N) is 1. The molecule has 1 N–H and O–H groups in total. The lowest BCUT2D eigenvalue weighted by Crippen LogP contribution is -2.35. The SMILES string of the molecule is Cc1noc(C)c1COc1cc2ccccc2cc1C(=O)OCC(=O)NC1CCCC1. The Labute approximate surface area is 180 Å². The minimum Gasteiger partial charge on any atom is -0.488 e. The summed E-state index contributed by atoms with van der Waals surface area (Å²) in [5.74, 6) is 0.186. The fourth-order valence-electron chi connectivity index (χ4n) is 3.90. The Morgan fingerprint density at radius 1 is 1.13 bits per heavy atom. The summed E-state index contributed by atoms with van der Waals surface area (Å²) < 4.78 is 16.5. The first kappa shape index (κ1) is 20.9. The van der Waals surface area contributed by atoms with Gasteiger partial charge in [0.1, 0.15) is 23.7 Å². The molecular weight excluding hydrogens is 396 g/mol. The van der Waals surface area contributed by atoms with Crippen molar-refractivity contribution < 1.29 is 23.6 Å². The molecule has 0 saturated heterocycles. The number of aryl methyl sites for hydroxylation is 2. The largest absolute Gasteiger partial charge is 0.488 e. The van der Waals surface area contributed by atoms with Crippen LogP contribution >= 0.6 is 0 Å². The second-order valence-corrected chi connectivity index (χ2v) is 7.91. The van der Waals surface area contributed by atoms with Crippen molar-refractivity contribution in [2.24, 2.45) is 0 Å². The highest BCUT2D eigenvalue weighted by Crippen LogP contribution is 2.28. The molecule has 7 nitrogen and oxygen atoms in total. The number of hydrogen-bond acceptors (Lipinski definition) is 6. The van der Waals surface area contributed by atoms with E-state index in [4.69, 9.17) is 14.0 Å². The van der Waals surface area contributed by atoms with Gasteiger partial charge >= 0.3 is 5.97 Å². The number of hydrogen-bond donors (Lipinski definition) is 1. The molecule has 31 heavy (non-hydrogen) atoms. The lowest BCUT2D eigenvalue weighted by Gasteiger charge is -2.14. The van der Waals surface area contributed by atoms with Crippen LogP contribution in [0.5, 0.6) is 5.75 Å². The average Bonchev–Trinajstić information content (AvgIpc) is 3.39. The molecule has 1 amide bonds. The Balaban J connectivity index is 1.51. The zero-order valence-electron chi connectivity index (χ0n) is 17.8. The predicted octanol–water partition coefficient (Wildman–Crippen LogP) is 4.24. The topological polar surface area (TPSA) is 90.7 Å². The van der Waals surface area contributed by atoms with Crippen LogP contribution in [0.3, 0.4) is 0 Å². The van der Waals surface area contributed by atoms with Crippen LogP contribution < -0.4 is 10.1 Å². The normalized spacial score (nSPS) is 14.0. The molecule has 1 fully saturated rings. The lowest BCUT2D eigenvalue weighted by atomic mass is 10.1. The molecule has 0 aliphatic heterocycles. The van der Waals surface area contributed by atoms with Gasteiger partial charge in [-0.25, -0.2) is 4.79 Å². The molecule has 1 aliphatic carbocycles. The number of ether oxygens (including phenoxy) is 2. The van der Waals surface area contributed by atoms with Gasteiger partial charge in [0.05, 0.1) is 11.3 Å². The molecule has 2 aromatic carbocycles. The van der Waals surface area contributed by atoms with Gasteiger partial charge in [0.25, 0.3) is 5.91 Å². The summed E-state index contributed by atoms with van der Waals surface area (Å²) in [7, 11) is 0. The number of carbonyl (C=O) groups excluding carboxylic acids is 2. The van der Waals surface area contributed by atoms with E-state index in [1.54, 1.807) is 6.07 Å². The number of benzene rings is 2. The number of amides is 1. The van der Waals surface area contributed by atoms with Crippen LogP contribution in [0.4, 0.5) is 0 Å². The molecular formula is C24H26N2O5. The number of aromatic nitrogens is 1. The van der Waals surface area contributed by atoms with Crippen molar-refractivity contribution in [2.45, 2.75) is 52.2 Å². The second-order valence-electron chi connectivity index (χ2n) is 7.91. The number of nitrogens with zero attached hydrogens (tertiary/aromatic N) is 1. The molecule has 0 radical (unpaired) electrons. The van der Waals surface area contributed by atoms with Gasteiger partial charge < -0.3 is 19.3 Å². The Morgan fingerprint density at radius 3 is 2.52 bits per heavy atom. The molecule has 0 spiro atoms. The van der Waals surface area contributed by atoms with Gasteiger partial charge in [0.2, 0.25) is 0 Å².